The number of hydrogen-bond donors (Lipinski definition) is 0. The van der Waals surface area contributed by atoms with Crippen LogP contribution < -0.4 is 0 Å². The first-order valence-electron chi connectivity index (χ1n) is 10.9. The third-order valence-corrected chi connectivity index (χ3v) is 6.49. The van der Waals surface area contributed by atoms with Gasteiger partial charge in [-0.1, -0.05) is 64.7 Å². The predicted octanol–water partition coefficient (Wildman–Crippen LogP) is 7.04. The van der Waals surface area contributed by atoms with Gasteiger partial charge in [0.1, 0.15) is 13.2 Å². The standard InChI is InChI=1S/C26H30Cl2N2O2/c1-25(2,3)21-13-31-23(29-21)17-9-7-15(27)11-19(17)20-12-16(28)8-10-18(20)24-30-22(14-32-24)26(4,5)6/h7-12,21-22H,13-14H2,1-6H3/t21-,22-/m1/s1. The van der Waals surface area contributed by atoms with Crippen molar-refractivity contribution in [2.24, 2.45) is 20.8 Å². The molecule has 2 heterocycles. The quantitative estimate of drug-likeness (QED) is 0.480. The predicted molar refractivity (Wildman–Crippen MR) is 133 cm³/mol. The molecule has 2 aromatic carbocycles. The lowest BCUT2D eigenvalue weighted by atomic mass is 9.88. The molecule has 2 aliphatic rings. The van der Waals surface area contributed by atoms with E-state index in [1.54, 1.807) is 0 Å². The van der Waals surface area contributed by atoms with E-state index in [2.05, 4.69) is 41.5 Å². The highest BCUT2D eigenvalue weighted by Gasteiger charge is 2.34. The average molecular weight is 473 g/mol. The second kappa shape index (κ2) is 8.39. The molecular weight excluding hydrogens is 443 g/mol. The Kier molecular flexibility index (Phi) is 6.06. The number of hydrogen-bond acceptors (Lipinski definition) is 4. The summed E-state index contributed by atoms with van der Waals surface area (Å²) in [6.07, 6.45) is 0. The van der Waals surface area contributed by atoms with E-state index in [0.717, 1.165) is 22.3 Å². The Morgan fingerprint density at radius 1 is 0.656 bits per heavy atom. The number of aliphatic imine (C=N–C) groups is 2. The molecule has 0 amide bonds. The Morgan fingerprint density at radius 2 is 1.03 bits per heavy atom. The first-order valence-corrected chi connectivity index (χ1v) is 11.7. The van der Waals surface area contributed by atoms with Crippen molar-refractivity contribution in [1.29, 1.82) is 0 Å². The van der Waals surface area contributed by atoms with Gasteiger partial charge < -0.3 is 9.47 Å². The molecule has 2 atom stereocenters. The molecule has 0 fully saturated rings. The Balaban J connectivity index is 1.84. The molecule has 0 bridgehead atoms. The summed E-state index contributed by atoms with van der Waals surface area (Å²) in [5.74, 6) is 1.26. The van der Waals surface area contributed by atoms with Crippen LogP contribution in [0.2, 0.25) is 10.0 Å². The number of rotatable bonds is 3. The van der Waals surface area contributed by atoms with Crippen molar-refractivity contribution < 1.29 is 9.47 Å². The molecule has 4 rings (SSSR count). The van der Waals surface area contributed by atoms with Gasteiger partial charge in [-0.3, -0.25) is 0 Å². The topological polar surface area (TPSA) is 43.2 Å². The maximum Gasteiger partial charge on any atom is 0.217 e. The van der Waals surface area contributed by atoms with E-state index in [1.165, 1.54) is 0 Å². The largest absolute Gasteiger partial charge is 0.475 e. The third-order valence-electron chi connectivity index (χ3n) is 6.02. The fourth-order valence-corrected chi connectivity index (χ4v) is 4.13. The summed E-state index contributed by atoms with van der Waals surface area (Å²) in [6, 6.07) is 11.7. The lowest BCUT2D eigenvalue weighted by molar-refractivity contribution is 0.235. The van der Waals surface area contributed by atoms with Gasteiger partial charge in [-0.25, -0.2) is 9.98 Å². The number of benzene rings is 2. The molecule has 4 nitrogen and oxygen atoms in total. The van der Waals surface area contributed by atoms with Crippen LogP contribution in [0.1, 0.15) is 52.7 Å². The van der Waals surface area contributed by atoms with Gasteiger partial charge in [0, 0.05) is 21.2 Å². The molecule has 0 radical (unpaired) electrons. The van der Waals surface area contributed by atoms with Gasteiger partial charge in [-0.2, -0.15) is 0 Å². The summed E-state index contributed by atoms with van der Waals surface area (Å²) >= 11 is 12.9. The normalized spacial score (nSPS) is 21.1. The van der Waals surface area contributed by atoms with Crippen molar-refractivity contribution >= 4 is 35.0 Å². The second-order valence-electron chi connectivity index (χ2n) is 10.6. The molecule has 2 aromatic rings. The zero-order valence-electron chi connectivity index (χ0n) is 19.5. The van der Waals surface area contributed by atoms with Crippen LogP contribution in [-0.2, 0) is 9.47 Å². The molecule has 32 heavy (non-hydrogen) atoms. The first-order chi connectivity index (χ1) is 14.9. The fourth-order valence-electron chi connectivity index (χ4n) is 3.78. The molecule has 0 aliphatic carbocycles. The maximum atomic E-state index is 6.43. The molecule has 0 saturated carbocycles. The number of ether oxygens (including phenoxy) is 2. The molecule has 6 heteroatoms. The van der Waals surface area contributed by atoms with E-state index in [4.69, 9.17) is 42.7 Å². The highest BCUT2D eigenvalue weighted by Crippen LogP contribution is 2.37. The number of nitrogens with zero attached hydrogens (tertiary/aromatic N) is 2. The minimum atomic E-state index is 0.0178. The summed E-state index contributed by atoms with van der Waals surface area (Å²) in [6.45, 7) is 14.2. The molecule has 0 N–H and O–H groups in total. The molecule has 0 unspecified atom stereocenters. The van der Waals surface area contributed by atoms with Crippen molar-refractivity contribution in [1.82, 2.24) is 0 Å². The van der Waals surface area contributed by atoms with Gasteiger partial charge in [0.2, 0.25) is 11.8 Å². The summed E-state index contributed by atoms with van der Waals surface area (Å²) in [5.41, 5.74) is 3.60. The maximum absolute atomic E-state index is 6.43. The summed E-state index contributed by atoms with van der Waals surface area (Å²) in [7, 11) is 0. The highest BCUT2D eigenvalue weighted by atomic mass is 35.5. The van der Waals surface area contributed by atoms with Crippen LogP contribution in [0.4, 0.5) is 0 Å². The minimum Gasteiger partial charge on any atom is -0.475 e. The Hall–Kier alpha value is -2.04. The third kappa shape index (κ3) is 4.67. The Labute approximate surface area is 200 Å². The second-order valence-corrected chi connectivity index (χ2v) is 11.5. The van der Waals surface area contributed by atoms with Crippen LogP contribution in [0.3, 0.4) is 0 Å². The highest BCUT2D eigenvalue weighted by molar-refractivity contribution is 6.32. The van der Waals surface area contributed by atoms with Crippen molar-refractivity contribution in [2.75, 3.05) is 13.2 Å². The van der Waals surface area contributed by atoms with Crippen LogP contribution in [0.15, 0.2) is 46.4 Å². The lowest BCUT2D eigenvalue weighted by Crippen LogP contribution is -2.25. The smallest absolute Gasteiger partial charge is 0.217 e. The van der Waals surface area contributed by atoms with Gasteiger partial charge in [0.15, 0.2) is 0 Å². The molecule has 170 valence electrons. The Bertz CT molecular complexity index is 1010. The van der Waals surface area contributed by atoms with Gasteiger partial charge in [-0.05, 0) is 58.4 Å². The van der Waals surface area contributed by atoms with Crippen molar-refractivity contribution in [3.8, 4) is 11.1 Å². The zero-order valence-corrected chi connectivity index (χ0v) is 21.0. The molecule has 0 aromatic heterocycles. The van der Waals surface area contributed by atoms with E-state index in [0.29, 0.717) is 35.1 Å². The molecule has 0 saturated heterocycles. The van der Waals surface area contributed by atoms with Gasteiger partial charge >= 0.3 is 0 Å². The minimum absolute atomic E-state index is 0.0178. The van der Waals surface area contributed by atoms with Gasteiger partial charge in [-0.15, -0.1) is 0 Å². The van der Waals surface area contributed by atoms with Crippen LogP contribution in [-0.4, -0.2) is 37.1 Å². The average Bonchev–Trinajstić information content (AvgIpc) is 3.37. The van der Waals surface area contributed by atoms with E-state index in [1.807, 2.05) is 36.4 Å². The summed E-state index contributed by atoms with van der Waals surface area (Å²) < 4.78 is 12.1. The first kappa shape index (κ1) is 23.1. The number of halogens is 2. The van der Waals surface area contributed by atoms with E-state index >= 15 is 0 Å². The van der Waals surface area contributed by atoms with Crippen molar-refractivity contribution in [3.63, 3.8) is 0 Å². The monoisotopic (exact) mass is 472 g/mol. The Morgan fingerprint density at radius 3 is 1.34 bits per heavy atom. The molecule has 0 spiro atoms. The van der Waals surface area contributed by atoms with Crippen LogP contribution in [0.5, 0.6) is 0 Å². The van der Waals surface area contributed by atoms with Crippen LogP contribution >= 0.6 is 23.2 Å². The van der Waals surface area contributed by atoms with Crippen LogP contribution in [0.25, 0.3) is 11.1 Å². The van der Waals surface area contributed by atoms with E-state index in [9.17, 15) is 0 Å². The lowest BCUT2D eigenvalue weighted by Gasteiger charge is -2.21. The van der Waals surface area contributed by atoms with Gasteiger partial charge in [0.05, 0.1) is 12.1 Å². The molecular formula is C26H30Cl2N2O2. The van der Waals surface area contributed by atoms with Crippen molar-refractivity contribution in [2.45, 2.75) is 53.6 Å². The van der Waals surface area contributed by atoms with Crippen molar-refractivity contribution in [3.05, 3.63) is 57.6 Å². The fraction of sp³-hybridized carbons (Fsp3) is 0.462. The molecule has 2 aliphatic heterocycles. The SMILES string of the molecule is CC(C)(C)[C@H]1COC(c2ccc(Cl)cc2-c2cc(Cl)ccc2C2=N[C@@H](C(C)(C)C)CO2)=N1. The summed E-state index contributed by atoms with van der Waals surface area (Å²) in [5, 5.41) is 1.25. The van der Waals surface area contributed by atoms with E-state index in [-0.39, 0.29) is 22.9 Å². The van der Waals surface area contributed by atoms with E-state index < -0.39 is 0 Å². The van der Waals surface area contributed by atoms with Gasteiger partial charge in [0.25, 0.3) is 0 Å². The zero-order chi connectivity index (χ0) is 23.3. The van der Waals surface area contributed by atoms with Crippen LogP contribution in [0, 0.1) is 10.8 Å². The summed E-state index contributed by atoms with van der Waals surface area (Å²) in [4.78, 5) is 9.79.